The summed E-state index contributed by atoms with van der Waals surface area (Å²) in [6.07, 6.45) is 1.78. The highest BCUT2D eigenvalue weighted by Gasteiger charge is 2.22. The number of carbonyl (C=O) groups excluding carboxylic acids is 1. The topological polar surface area (TPSA) is 84.9 Å². The first-order valence-electron chi connectivity index (χ1n) is 8.56. The van der Waals surface area contributed by atoms with Crippen LogP contribution in [0.1, 0.15) is 11.1 Å². The van der Waals surface area contributed by atoms with Crippen molar-refractivity contribution < 1.29 is 22.7 Å². The van der Waals surface area contributed by atoms with Crippen LogP contribution in [-0.4, -0.2) is 44.8 Å². The Hall–Kier alpha value is -2.58. The van der Waals surface area contributed by atoms with E-state index in [0.717, 1.165) is 21.7 Å². The molecule has 1 aliphatic rings. The van der Waals surface area contributed by atoms with E-state index in [1.807, 2.05) is 30.3 Å². The molecule has 0 aliphatic carbocycles. The zero-order valence-corrected chi connectivity index (χ0v) is 15.9. The van der Waals surface area contributed by atoms with E-state index in [1.165, 1.54) is 0 Å². The lowest BCUT2D eigenvalue weighted by Gasteiger charge is -2.19. The molecule has 0 saturated carbocycles. The summed E-state index contributed by atoms with van der Waals surface area (Å²) in [6.45, 7) is 0.451. The van der Waals surface area contributed by atoms with Gasteiger partial charge in [0, 0.05) is 13.1 Å². The lowest BCUT2D eigenvalue weighted by atomic mass is 10.1. The third kappa shape index (κ3) is 5.45. The Kier molecular flexibility index (Phi) is 5.98. The van der Waals surface area contributed by atoms with Crippen LogP contribution in [0.5, 0.6) is 11.5 Å². The highest BCUT2D eigenvalue weighted by Crippen LogP contribution is 2.32. The standard InChI is InChI=1S/C19H22N2O5S/c1-27(23,24)21(12-16-7-8-17-18(11-16)26-14-25-17)13-19(22)20-10-9-15-5-3-2-4-6-15/h2-8,11H,9-10,12-14H2,1H3,(H,20,22). The van der Waals surface area contributed by atoms with E-state index in [4.69, 9.17) is 9.47 Å². The Morgan fingerprint density at radius 2 is 1.81 bits per heavy atom. The fourth-order valence-electron chi connectivity index (χ4n) is 2.74. The minimum Gasteiger partial charge on any atom is -0.454 e. The Morgan fingerprint density at radius 1 is 1.07 bits per heavy atom. The van der Waals surface area contributed by atoms with E-state index >= 15 is 0 Å². The molecule has 2 aromatic rings. The molecule has 1 amide bonds. The summed E-state index contributed by atoms with van der Waals surface area (Å²) < 4.78 is 35.9. The van der Waals surface area contributed by atoms with Crippen LogP contribution >= 0.6 is 0 Å². The van der Waals surface area contributed by atoms with Crippen LogP contribution in [0.25, 0.3) is 0 Å². The van der Waals surface area contributed by atoms with Crippen LogP contribution < -0.4 is 14.8 Å². The second-order valence-electron chi connectivity index (χ2n) is 6.30. The first-order valence-corrected chi connectivity index (χ1v) is 10.4. The van der Waals surface area contributed by atoms with Crippen LogP contribution in [0.3, 0.4) is 0 Å². The van der Waals surface area contributed by atoms with Crippen molar-refractivity contribution >= 4 is 15.9 Å². The predicted octanol–water partition coefficient (Wildman–Crippen LogP) is 1.54. The van der Waals surface area contributed by atoms with Crippen molar-refractivity contribution in [3.05, 3.63) is 59.7 Å². The maximum atomic E-state index is 12.2. The van der Waals surface area contributed by atoms with Gasteiger partial charge in [-0.2, -0.15) is 4.31 Å². The second-order valence-corrected chi connectivity index (χ2v) is 8.29. The molecule has 0 atom stereocenters. The van der Waals surface area contributed by atoms with Gasteiger partial charge in [-0.05, 0) is 29.7 Å². The Balaban J connectivity index is 1.57. The van der Waals surface area contributed by atoms with Crippen LogP contribution in [0.2, 0.25) is 0 Å². The number of ether oxygens (including phenoxy) is 2. The Labute approximate surface area is 158 Å². The fourth-order valence-corrected chi connectivity index (χ4v) is 3.48. The fraction of sp³-hybridized carbons (Fsp3) is 0.316. The molecule has 0 aromatic heterocycles. The molecule has 0 spiro atoms. The minimum atomic E-state index is -3.55. The lowest BCUT2D eigenvalue weighted by molar-refractivity contribution is -0.121. The number of nitrogens with one attached hydrogen (secondary N) is 1. The second kappa shape index (κ2) is 8.41. The number of rotatable bonds is 8. The predicted molar refractivity (Wildman–Crippen MR) is 101 cm³/mol. The molecule has 0 unspecified atom stereocenters. The molecule has 0 bridgehead atoms. The van der Waals surface area contributed by atoms with Crippen LogP contribution in [0, 0.1) is 0 Å². The molecule has 2 aromatic carbocycles. The molecule has 27 heavy (non-hydrogen) atoms. The summed E-state index contributed by atoms with van der Waals surface area (Å²) in [5, 5.41) is 2.77. The first kappa shape index (κ1) is 19.2. The van der Waals surface area contributed by atoms with Crippen molar-refractivity contribution in [1.29, 1.82) is 0 Å². The van der Waals surface area contributed by atoms with E-state index in [0.29, 0.717) is 24.5 Å². The van der Waals surface area contributed by atoms with Gasteiger partial charge in [-0.25, -0.2) is 8.42 Å². The molecule has 1 N–H and O–H groups in total. The number of hydrogen-bond acceptors (Lipinski definition) is 5. The zero-order chi connectivity index (χ0) is 19.3. The van der Waals surface area contributed by atoms with E-state index in [9.17, 15) is 13.2 Å². The maximum Gasteiger partial charge on any atom is 0.235 e. The highest BCUT2D eigenvalue weighted by atomic mass is 32.2. The quantitative estimate of drug-likeness (QED) is 0.739. The molecular formula is C19H22N2O5S. The first-order chi connectivity index (χ1) is 12.9. The van der Waals surface area contributed by atoms with Gasteiger partial charge < -0.3 is 14.8 Å². The van der Waals surface area contributed by atoms with Crippen molar-refractivity contribution in [2.24, 2.45) is 0 Å². The summed E-state index contributed by atoms with van der Waals surface area (Å²) in [4.78, 5) is 12.2. The van der Waals surface area contributed by atoms with E-state index in [1.54, 1.807) is 18.2 Å². The third-order valence-corrected chi connectivity index (χ3v) is 5.36. The molecule has 1 heterocycles. The largest absolute Gasteiger partial charge is 0.454 e. The molecule has 0 saturated heterocycles. The van der Waals surface area contributed by atoms with Gasteiger partial charge in [0.1, 0.15) is 0 Å². The van der Waals surface area contributed by atoms with E-state index < -0.39 is 10.0 Å². The molecule has 8 heteroatoms. The monoisotopic (exact) mass is 390 g/mol. The maximum absolute atomic E-state index is 12.2. The van der Waals surface area contributed by atoms with Crippen molar-refractivity contribution in [2.75, 3.05) is 26.1 Å². The normalized spacial score (nSPS) is 13.0. The molecule has 1 aliphatic heterocycles. The van der Waals surface area contributed by atoms with Crippen molar-refractivity contribution in [2.45, 2.75) is 13.0 Å². The molecule has 144 valence electrons. The van der Waals surface area contributed by atoms with Gasteiger partial charge in [-0.1, -0.05) is 36.4 Å². The van der Waals surface area contributed by atoms with Crippen molar-refractivity contribution in [3.8, 4) is 11.5 Å². The number of nitrogens with zero attached hydrogens (tertiary/aromatic N) is 1. The number of carbonyl (C=O) groups is 1. The minimum absolute atomic E-state index is 0.0849. The number of sulfonamides is 1. The van der Waals surface area contributed by atoms with Crippen LogP contribution in [0.4, 0.5) is 0 Å². The third-order valence-electron chi connectivity index (χ3n) is 4.16. The zero-order valence-electron chi connectivity index (χ0n) is 15.1. The smallest absolute Gasteiger partial charge is 0.235 e. The van der Waals surface area contributed by atoms with Crippen molar-refractivity contribution in [3.63, 3.8) is 0 Å². The number of fused-ring (bicyclic) bond motifs is 1. The number of benzene rings is 2. The number of amides is 1. The SMILES string of the molecule is CS(=O)(=O)N(CC(=O)NCCc1ccccc1)Cc1ccc2c(c1)OCO2. The lowest BCUT2D eigenvalue weighted by Crippen LogP contribution is -2.40. The molecule has 0 radical (unpaired) electrons. The van der Waals surface area contributed by atoms with Crippen LogP contribution in [-0.2, 0) is 27.8 Å². The van der Waals surface area contributed by atoms with E-state index in [-0.39, 0.29) is 25.8 Å². The van der Waals surface area contributed by atoms with Gasteiger partial charge in [0.05, 0.1) is 12.8 Å². The number of hydrogen-bond donors (Lipinski definition) is 1. The summed E-state index contributed by atoms with van der Waals surface area (Å²) in [5.41, 5.74) is 1.83. The molecular weight excluding hydrogens is 368 g/mol. The Morgan fingerprint density at radius 3 is 2.56 bits per heavy atom. The van der Waals surface area contributed by atoms with E-state index in [2.05, 4.69) is 5.32 Å². The van der Waals surface area contributed by atoms with Gasteiger partial charge in [-0.15, -0.1) is 0 Å². The molecule has 7 nitrogen and oxygen atoms in total. The van der Waals surface area contributed by atoms with Gasteiger partial charge in [0.25, 0.3) is 0 Å². The summed E-state index contributed by atoms with van der Waals surface area (Å²) in [7, 11) is -3.55. The van der Waals surface area contributed by atoms with Gasteiger partial charge >= 0.3 is 0 Å². The average Bonchev–Trinajstić information content (AvgIpc) is 3.09. The van der Waals surface area contributed by atoms with Gasteiger partial charge in [0.15, 0.2) is 11.5 Å². The average molecular weight is 390 g/mol. The molecule has 0 fully saturated rings. The highest BCUT2D eigenvalue weighted by molar-refractivity contribution is 7.88. The van der Waals surface area contributed by atoms with Crippen LogP contribution in [0.15, 0.2) is 48.5 Å². The summed E-state index contributed by atoms with van der Waals surface area (Å²) >= 11 is 0. The molecule has 3 rings (SSSR count). The summed E-state index contributed by atoms with van der Waals surface area (Å²) in [5.74, 6) is 0.869. The Bertz CT molecular complexity index is 900. The van der Waals surface area contributed by atoms with Gasteiger partial charge in [-0.3, -0.25) is 4.79 Å². The van der Waals surface area contributed by atoms with Crippen molar-refractivity contribution in [1.82, 2.24) is 9.62 Å². The summed E-state index contributed by atoms with van der Waals surface area (Å²) in [6, 6.07) is 15.0. The van der Waals surface area contributed by atoms with Gasteiger partial charge in [0.2, 0.25) is 22.7 Å².